The molecule has 0 spiro atoms. The van der Waals surface area contributed by atoms with Crippen LogP contribution in [0.1, 0.15) is 119 Å². The van der Waals surface area contributed by atoms with E-state index in [-0.39, 0.29) is 29.0 Å². The maximum Gasteiger partial charge on any atom is 0.0888 e. The van der Waals surface area contributed by atoms with E-state index in [0.717, 1.165) is 63.4 Å². The fourth-order valence-corrected chi connectivity index (χ4v) is 7.52. The van der Waals surface area contributed by atoms with Gasteiger partial charge >= 0.3 is 0 Å². The topological polar surface area (TPSA) is 90.2 Å². The molecule has 1 heterocycles. The van der Waals surface area contributed by atoms with Gasteiger partial charge in [0.15, 0.2) is 0 Å². The first kappa shape index (κ1) is 28.1. The van der Waals surface area contributed by atoms with Crippen LogP contribution in [-0.4, -0.2) is 56.0 Å². The van der Waals surface area contributed by atoms with Crippen molar-refractivity contribution < 1.29 is 25.2 Å². The van der Waals surface area contributed by atoms with Crippen LogP contribution in [0.3, 0.4) is 0 Å². The van der Waals surface area contributed by atoms with E-state index in [1.54, 1.807) is 0 Å². The molecule has 4 N–H and O–H groups in total. The molecule has 0 amide bonds. The fourth-order valence-electron chi connectivity index (χ4n) is 7.52. The van der Waals surface area contributed by atoms with Crippen molar-refractivity contribution in [3.05, 3.63) is 11.1 Å². The van der Waals surface area contributed by atoms with Crippen molar-refractivity contribution in [1.82, 2.24) is 0 Å². The Hall–Kier alpha value is -0.460. The van der Waals surface area contributed by atoms with Crippen LogP contribution < -0.4 is 0 Å². The molecule has 1 aliphatic heterocycles. The fraction of sp³-hybridized carbons (Fsp3) is 0.931. The van der Waals surface area contributed by atoms with E-state index >= 15 is 0 Å². The van der Waals surface area contributed by atoms with E-state index in [9.17, 15) is 20.4 Å². The summed E-state index contributed by atoms with van der Waals surface area (Å²) in [5.74, 6) is 0.0460. The van der Waals surface area contributed by atoms with Crippen LogP contribution in [0.2, 0.25) is 0 Å². The number of hydrogen-bond acceptors (Lipinski definition) is 5. The number of allylic oxidation sites excluding steroid dienone is 1. The van der Waals surface area contributed by atoms with Crippen molar-refractivity contribution in [2.45, 2.75) is 155 Å². The normalized spacial score (nSPS) is 43.9. The van der Waals surface area contributed by atoms with Gasteiger partial charge in [0, 0.05) is 0 Å². The SMILES string of the molecule is CCC(O)CCC1(C)CCC(O)C(C)=C1CCC1C(C)(O)CCC2OC(C)(C)C(O)CCC21C. The van der Waals surface area contributed by atoms with E-state index in [0.29, 0.717) is 12.8 Å². The lowest BCUT2D eigenvalue weighted by Crippen LogP contribution is -2.56. The molecule has 198 valence electrons. The molecule has 8 atom stereocenters. The summed E-state index contributed by atoms with van der Waals surface area (Å²) >= 11 is 0. The summed E-state index contributed by atoms with van der Waals surface area (Å²) in [6.07, 6.45) is 7.72. The molecule has 2 fully saturated rings. The van der Waals surface area contributed by atoms with Crippen molar-refractivity contribution in [3.8, 4) is 0 Å². The van der Waals surface area contributed by atoms with E-state index in [4.69, 9.17) is 4.74 Å². The minimum absolute atomic E-state index is 0.0167. The van der Waals surface area contributed by atoms with Gasteiger partial charge in [-0.05, 0) is 121 Å². The second-order valence-electron chi connectivity index (χ2n) is 13.1. The highest BCUT2D eigenvalue weighted by Gasteiger charge is 2.56. The molecule has 0 aromatic carbocycles. The summed E-state index contributed by atoms with van der Waals surface area (Å²) < 4.78 is 6.55. The smallest absolute Gasteiger partial charge is 0.0888 e. The lowest BCUT2D eigenvalue weighted by atomic mass is 9.55. The minimum atomic E-state index is -0.787. The quantitative estimate of drug-likeness (QED) is 0.372. The van der Waals surface area contributed by atoms with Crippen molar-refractivity contribution in [2.24, 2.45) is 16.7 Å². The van der Waals surface area contributed by atoms with Gasteiger partial charge in [0.05, 0.1) is 35.6 Å². The zero-order chi connectivity index (χ0) is 25.5. The van der Waals surface area contributed by atoms with Crippen molar-refractivity contribution >= 4 is 0 Å². The predicted octanol–water partition coefficient (Wildman–Crippen LogP) is 5.28. The molecule has 2 aliphatic carbocycles. The van der Waals surface area contributed by atoms with Gasteiger partial charge in [-0.2, -0.15) is 0 Å². The molecular weight excluding hydrogens is 428 g/mol. The number of hydrogen-bond donors (Lipinski definition) is 4. The van der Waals surface area contributed by atoms with Gasteiger partial charge in [-0.25, -0.2) is 0 Å². The van der Waals surface area contributed by atoms with Crippen molar-refractivity contribution in [2.75, 3.05) is 0 Å². The first-order chi connectivity index (χ1) is 15.7. The maximum atomic E-state index is 11.6. The molecule has 3 rings (SSSR count). The summed E-state index contributed by atoms with van der Waals surface area (Å²) in [4.78, 5) is 0. The Morgan fingerprint density at radius 1 is 1.00 bits per heavy atom. The summed E-state index contributed by atoms with van der Waals surface area (Å²) in [6, 6.07) is 0. The third kappa shape index (κ3) is 5.44. The van der Waals surface area contributed by atoms with Crippen molar-refractivity contribution in [1.29, 1.82) is 0 Å². The van der Waals surface area contributed by atoms with Crippen LogP contribution >= 0.6 is 0 Å². The standard InChI is InChI=1S/C29H52O5/c1-8-20(30)11-15-27(5)16-12-22(31)19(2)21(27)9-10-23-28(6)17-13-24(32)26(3,4)34-25(28)14-18-29(23,7)33/h20,22-25,30-33H,8-18H2,1-7H3. The van der Waals surface area contributed by atoms with Gasteiger partial charge in [-0.15, -0.1) is 0 Å². The monoisotopic (exact) mass is 480 g/mol. The molecule has 0 aromatic rings. The molecule has 0 radical (unpaired) electrons. The lowest BCUT2D eigenvalue weighted by molar-refractivity contribution is -0.205. The second kappa shape index (κ2) is 10.1. The third-order valence-corrected chi connectivity index (χ3v) is 10.3. The maximum absolute atomic E-state index is 11.6. The highest BCUT2D eigenvalue weighted by Crippen LogP contribution is 2.56. The Kier molecular flexibility index (Phi) is 8.37. The Morgan fingerprint density at radius 2 is 1.68 bits per heavy atom. The van der Waals surface area contributed by atoms with Gasteiger partial charge in [0.2, 0.25) is 0 Å². The molecule has 5 heteroatoms. The van der Waals surface area contributed by atoms with E-state index in [1.165, 1.54) is 5.57 Å². The van der Waals surface area contributed by atoms with Crippen LogP contribution in [0.4, 0.5) is 0 Å². The Bertz CT molecular complexity index is 743. The number of rotatable bonds is 7. The minimum Gasteiger partial charge on any atom is -0.393 e. The Balaban J connectivity index is 1.87. The molecule has 0 bridgehead atoms. The molecular formula is C29H52O5. The summed E-state index contributed by atoms with van der Waals surface area (Å²) in [5, 5.41) is 43.3. The molecule has 8 unspecified atom stereocenters. The van der Waals surface area contributed by atoms with Gasteiger partial charge in [0.25, 0.3) is 0 Å². The van der Waals surface area contributed by atoms with Crippen molar-refractivity contribution in [3.63, 3.8) is 0 Å². The summed E-state index contributed by atoms with van der Waals surface area (Å²) in [7, 11) is 0. The van der Waals surface area contributed by atoms with E-state index in [2.05, 4.69) is 20.8 Å². The number of aliphatic hydroxyl groups excluding tert-OH is 3. The Morgan fingerprint density at radius 3 is 2.32 bits per heavy atom. The molecule has 1 saturated carbocycles. The predicted molar refractivity (Wildman–Crippen MR) is 136 cm³/mol. The van der Waals surface area contributed by atoms with Crippen LogP contribution in [0, 0.1) is 16.7 Å². The van der Waals surface area contributed by atoms with E-state index < -0.39 is 23.4 Å². The molecule has 34 heavy (non-hydrogen) atoms. The van der Waals surface area contributed by atoms with Gasteiger partial charge < -0.3 is 25.2 Å². The number of fused-ring (bicyclic) bond motifs is 1. The molecule has 1 saturated heterocycles. The lowest BCUT2D eigenvalue weighted by Gasteiger charge is -2.54. The van der Waals surface area contributed by atoms with Crippen LogP contribution in [-0.2, 0) is 4.74 Å². The first-order valence-corrected chi connectivity index (χ1v) is 13.8. The number of aliphatic hydroxyl groups is 4. The zero-order valence-corrected chi connectivity index (χ0v) is 22.9. The molecule has 3 aliphatic rings. The Labute approximate surface area is 208 Å². The van der Waals surface area contributed by atoms with Crippen LogP contribution in [0.5, 0.6) is 0 Å². The number of ether oxygens (including phenoxy) is 1. The highest BCUT2D eigenvalue weighted by atomic mass is 16.5. The average Bonchev–Trinajstić information content (AvgIpc) is 2.85. The average molecular weight is 481 g/mol. The third-order valence-electron chi connectivity index (χ3n) is 10.3. The zero-order valence-electron chi connectivity index (χ0n) is 22.9. The van der Waals surface area contributed by atoms with Gasteiger partial charge in [0.1, 0.15) is 0 Å². The summed E-state index contributed by atoms with van der Waals surface area (Å²) in [6.45, 7) is 14.6. The molecule has 5 nitrogen and oxygen atoms in total. The van der Waals surface area contributed by atoms with Crippen LogP contribution in [0.25, 0.3) is 0 Å². The highest BCUT2D eigenvalue weighted by molar-refractivity contribution is 5.27. The second-order valence-corrected chi connectivity index (χ2v) is 13.1. The van der Waals surface area contributed by atoms with Gasteiger partial charge in [-0.3, -0.25) is 0 Å². The van der Waals surface area contributed by atoms with E-state index in [1.807, 2.05) is 27.7 Å². The van der Waals surface area contributed by atoms with Crippen LogP contribution in [0.15, 0.2) is 11.1 Å². The largest absolute Gasteiger partial charge is 0.393 e. The first-order valence-electron chi connectivity index (χ1n) is 13.8. The van der Waals surface area contributed by atoms with Gasteiger partial charge in [-0.1, -0.05) is 26.3 Å². The summed E-state index contributed by atoms with van der Waals surface area (Å²) in [5.41, 5.74) is 0.800. The molecule has 0 aromatic heterocycles.